The van der Waals surface area contributed by atoms with E-state index in [9.17, 15) is 14.4 Å². The summed E-state index contributed by atoms with van der Waals surface area (Å²) in [5.74, 6) is -1.28. The predicted molar refractivity (Wildman–Crippen MR) is 87.9 cm³/mol. The Morgan fingerprint density at radius 1 is 1.00 bits per heavy atom. The molecule has 0 aromatic heterocycles. The van der Waals surface area contributed by atoms with Crippen LogP contribution in [0.1, 0.15) is 15.9 Å². The molecule has 3 rings (SSSR count). The molecule has 0 atom stereocenters. The van der Waals surface area contributed by atoms with E-state index >= 15 is 0 Å². The van der Waals surface area contributed by atoms with Crippen LogP contribution in [0.5, 0.6) is 0 Å². The average Bonchev–Trinajstić information content (AvgIpc) is 3.15. The van der Waals surface area contributed by atoms with Gasteiger partial charge in [-0.3, -0.25) is 14.4 Å². The summed E-state index contributed by atoms with van der Waals surface area (Å²) in [4.78, 5) is 36.3. The first-order valence-corrected chi connectivity index (χ1v) is 8.44. The van der Waals surface area contributed by atoms with Crippen LogP contribution in [0.4, 0.5) is 0 Å². The summed E-state index contributed by atoms with van der Waals surface area (Å²) in [5, 5.41) is 18.1. The van der Waals surface area contributed by atoms with E-state index in [1.807, 2.05) is 12.1 Å². The number of hydrogen-bond acceptors (Lipinski definition) is 7. The molecule has 1 aromatic rings. The van der Waals surface area contributed by atoms with Gasteiger partial charge in [0.25, 0.3) is 0 Å². The van der Waals surface area contributed by atoms with Gasteiger partial charge in [0, 0.05) is 17.6 Å². The van der Waals surface area contributed by atoms with Crippen molar-refractivity contribution in [3.63, 3.8) is 0 Å². The summed E-state index contributed by atoms with van der Waals surface area (Å²) >= 11 is 2.05. The van der Waals surface area contributed by atoms with Crippen LogP contribution in [0.15, 0.2) is 43.9 Å². The molecule has 23 heavy (non-hydrogen) atoms. The summed E-state index contributed by atoms with van der Waals surface area (Å²) in [6, 6.07) is 7.27. The maximum Gasteiger partial charge on any atom is 0.196 e. The molecule has 0 saturated heterocycles. The van der Waals surface area contributed by atoms with Crippen molar-refractivity contribution in [1.29, 1.82) is 0 Å². The van der Waals surface area contributed by atoms with E-state index in [4.69, 9.17) is 10.2 Å². The molecule has 1 aromatic carbocycles. The van der Waals surface area contributed by atoms with Gasteiger partial charge in [-0.05, 0) is 5.56 Å². The molecular weight excluding hydrogens is 336 g/mol. The zero-order chi connectivity index (χ0) is 16.6. The fourth-order valence-electron chi connectivity index (χ4n) is 2.43. The van der Waals surface area contributed by atoms with Crippen LogP contribution in [-0.2, 0) is 16.0 Å². The van der Waals surface area contributed by atoms with Crippen LogP contribution in [0.3, 0.4) is 0 Å². The molecule has 0 saturated carbocycles. The maximum atomic E-state index is 12.5. The highest BCUT2D eigenvalue weighted by Crippen LogP contribution is 2.52. The van der Waals surface area contributed by atoms with E-state index < -0.39 is 24.8 Å². The predicted octanol–water partition coefficient (Wildman–Crippen LogP) is 1.45. The number of fused-ring (bicyclic) bond motifs is 1. The smallest absolute Gasteiger partial charge is 0.196 e. The lowest BCUT2D eigenvalue weighted by atomic mass is 10.1. The Balaban J connectivity index is 1.98. The Morgan fingerprint density at radius 3 is 2.09 bits per heavy atom. The van der Waals surface area contributed by atoms with Crippen molar-refractivity contribution in [2.75, 3.05) is 13.2 Å². The van der Waals surface area contributed by atoms with Gasteiger partial charge >= 0.3 is 0 Å². The molecule has 0 fully saturated rings. The Bertz CT molecular complexity index is 761. The van der Waals surface area contributed by atoms with Gasteiger partial charge in [-0.2, -0.15) is 0 Å². The fourth-order valence-corrected chi connectivity index (χ4v) is 5.06. The number of rotatable bonds is 4. The van der Waals surface area contributed by atoms with E-state index in [0.717, 1.165) is 29.1 Å². The van der Waals surface area contributed by atoms with Gasteiger partial charge in [0.05, 0.1) is 14.0 Å². The van der Waals surface area contributed by atoms with Crippen LogP contribution < -0.4 is 0 Å². The summed E-state index contributed by atoms with van der Waals surface area (Å²) in [7, 11) is 0. The highest BCUT2D eigenvalue weighted by molar-refractivity contribution is 8.29. The lowest BCUT2D eigenvalue weighted by Gasteiger charge is -2.01. The third-order valence-corrected chi connectivity index (χ3v) is 6.30. The van der Waals surface area contributed by atoms with Gasteiger partial charge in [0.1, 0.15) is 13.2 Å². The molecule has 0 spiro atoms. The second kappa shape index (κ2) is 6.45. The van der Waals surface area contributed by atoms with Crippen LogP contribution in [0.25, 0.3) is 0 Å². The molecule has 7 heteroatoms. The number of ketones is 3. The van der Waals surface area contributed by atoms with Crippen molar-refractivity contribution in [1.82, 2.24) is 0 Å². The van der Waals surface area contributed by atoms with Crippen LogP contribution in [-0.4, -0.2) is 40.8 Å². The van der Waals surface area contributed by atoms with E-state index in [0.29, 0.717) is 21.8 Å². The monoisotopic (exact) mass is 348 g/mol. The molecule has 1 heterocycles. The Hall–Kier alpha value is -1.67. The normalized spacial score (nSPS) is 17.0. The molecule has 2 N–H and O–H groups in total. The number of thioether (sulfide) groups is 2. The summed E-state index contributed by atoms with van der Waals surface area (Å²) in [5.41, 5.74) is 2.09. The molecule has 0 amide bonds. The molecule has 1 aliphatic carbocycles. The third kappa shape index (κ3) is 2.81. The van der Waals surface area contributed by atoms with Crippen molar-refractivity contribution in [3.8, 4) is 0 Å². The number of aliphatic hydroxyl groups is 2. The zero-order valence-corrected chi connectivity index (χ0v) is 13.5. The lowest BCUT2D eigenvalue weighted by Crippen LogP contribution is -2.11. The Labute approximate surface area is 140 Å². The summed E-state index contributed by atoms with van der Waals surface area (Å²) in [6.45, 7) is -1.44. The lowest BCUT2D eigenvalue weighted by molar-refractivity contribution is -0.119. The minimum atomic E-state index is -0.720. The van der Waals surface area contributed by atoms with Crippen molar-refractivity contribution in [2.24, 2.45) is 0 Å². The van der Waals surface area contributed by atoms with Crippen LogP contribution in [0.2, 0.25) is 0 Å². The molecule has 5 nitrogen and oxygen atoms in total. The molecular formula is C16H12O5S2. The van der Waals surface area contributed by atoms with Crippen molar-refractivity contribution in [3.05, 3.63) is 55.0 Å². The number of carbonyl (C=O) groups is 3. The largest absolute Gasteiger partial charge is 0.388 e. The van der Waals surface area contributed by atoms with Gasteiger partial charge in [-0.25, -0.2) is 0 Å². The fraction of sp³-hybridized carbons (Fsp3) is 0.188. The third-order valence-electron chi connectivity index (χ3n) is 3.54. The van der Waals surface area contributed by atoms with Gasteiger partial charge in [-0.15, -0.1) is 0 Å². The first-order chi connectivity index (χ1) is 11.1. The summed E-state index contributed by atoms with van der Waals surface area (Å²) < 4.78 is 0.569. The van der Waals surface area contributed by atoms with E-state index in [-0.39, 0.29) is 15.6 Å². The number of aliphatic hydroxyl groups excluding tert-OH is 2. The van der Waals surface area contributed by atoms with Gasteiger partial charge in [-0.1, -0.05) is 47.8 Å². The molecule has 118 valence electrons. The Kier molecular flexibility index (Phi) is 4.54. The number of allylic oxidation sites excluding steroid dienone is 1. The number of carbonyl (C=O) groups excluding carboxylic acids is 3. The maximum absolute atomic E-state index is 12.5. The standard InChI is InChI=1S/C16H12O5S2/c17-6-11(19)14-15(12(20)7-18)23-16(22-14)10-5-8-3-1-2-4-9(8)13(10)21/h1-4,17-18H,5-7H2. The van der Waals surface area contributed by atoms with Gasteiger partial charge in [0.15, 0.2) is 17.3 Å². The SMILES string of the molecule is O=C(CO)C1=C(C(=O)CO)SC(=C2Cc3ccccc3C2=O)S1. The van der Waals surface area contributed by atoms with Crippen molar-refractivity contribution >= 4 is 40.9 Å². The first-order valence-electron chi connectivity index (χ1n) is 6.80. The second-order valence-corrected chi connectivity index (χ2v) is 7.25. The Morgan fingerprint density at radius 2 is 1.57 bits per heavy atom. The molecule has 1 aliphatic heterocycles. The molecule has 0 unspecified atom stereocenters. The number of benzene rings is 1. The molecule has 0 bridgehead atoms. The van der Waals surface area contributed by atoms with E-state index in [2.05, 4.69) is 0 Å². The highest BCUT2D eigenvalue weighted by Gasteiger charge is 2.35. The minimum Gasteiger partial charge on any atom is -0.388 e. The highest BCUT2D eigenvalue weighted by atomic mass is 32.2. The first kappa shape index (κ1) is 16.2. The van der Waals surface area contributed by atoms with Crippen LogP contribution in [0, 0.1) is 0 Å². The van der Waals surface area contributed by atoms with E-state index in [1.54, 1.807) is 12.1 Å². The van der Waals surface area contributed by atoms with Crippen molar-refractivity contribution < 1.29 is 24.6 Å². The van der Waals surface area contributed by atoms with Crippen LogP contribution >= 0.6 is 23.5 Å². The van der Waals surface area contributed by atoms with Gasteiger partial charge < -0.3 is 10.2 Å². The van der Waals surface area contributed by atoms with Crippen molar-refractivity contribution in [2.45, 2.75) is 6.42 Å². The number of hydrogen-bond donors (Lipinski definition) is 2. The minimum absolute atomic E-state index is 0.0998. The van der Waals surface area contributed by atoms with Gasteiger partial charge in [0.2, 0.25) is 0 Å². The number of Topliss-reactive ketones (excluding diaryl/α,β-unsaturated/α-hetero) is 3. The van der Waals surface area contributed by atoms with E-state index in [1.165, 1.54) is 0 Å². The summed E-state index contributed by atoms with van der Waals surface area (Å²) in [6.07, 6.45) is 0.450. The second-order valence-electron chi connectivity index (χ2n) is 4.95. The topological polar surface area (TPSA) is 91.7 Å². The average molecular weight is 348 g/mol. The zero-order valence-electron chi connectivity index (χ0n) is 11.9. The quantitative estimate of drug-likeness (QED) is 0.796. The molecule has 0 radical (unpaired) electrons. The molecule has 2 aliphatic rings.